The van der Waals surface area contributed by atoms with Crippen molar-refractivity contribution in [3.8, 4) is 0 Å². The monoisotopic (exact) mass is 295 g/mol. The van der Waals surface area contributed by atoms with Crippen molar-refractivity contribution in [2.24, 2.45) is 5.92 Å². The molecule has 1 aromatic carbocycles. The van der Waals surface area contributed by atoms with Crippen molar-refractivity contribution in [2.75, 3.05) is 11.5 Å². The van der Waals surface area contributed by atoms with Gasteiger partial charge in [-0.25, -0.2) is 8.42 Å². The number of carbonyl (C=O) groups excluding carboxylic acids is 1. The van der Waals surface area contributed by atoms with Crippen LogP contribution >= 0.6 is 0 Å². The first-order chi connectivity index (χ1) is 9.46. The van der Waals surface area contributed by atoms with Gasteiger partial charge in [0.25, 0.3) is 0 Å². The Labute approximate surface area is 117 Å². The highest BCUT2D eigenvalue weighted by molar-refractivity contribution is 7.91. The standard InChI is InChI=1S/C14H17NO4S/c16-12-7-9-3-1-2-4-11(9)13(12)15-14(17)10-5-6-20(18,19)8-10/h1-4,10,12-13,16H,5-8H2,(H,15,17)/t10?,12-,13+/m0/s1. The van der Waals surface area contributed by atoms with Gasteiger partial charge in [-0.1, -0.05) is 24.3 Å². The number of aliphatic hydroxyl groups is 1. The molecule has 0 aromatic heterocycles. The van der Waals surface area contributed by atoms with Crippen LogP contribution in [0.3, 0.4) is 0 Å². The van der Waals surface area contributed by atoms with Gasteiger partial charge < -0.3 is 10.4 Å². The van der Waals surface area contributed by atoms with E-state index in [9.17, 15) is 18.3 Å². The molecule has 2 N–H and O–H groups in total. The second-order valence-electron chi connectivity index (χ2n) is 5.56. The Bertz CT molecular complexity index is 640. The molecule has 0 saturated carbocycles. The first kappa shape index (κ1) is 13.6. The van der Waals surface area contributed by atoms with Crippen LogP contribution in [0.15, 0.2) is 24.3 Å². The summed E-state index contributed by atoms with van der Waals surface area (Å²) in [5.41, 5.74) is 1.96. The van der Waals surface area contributed by atoms with Crippen molar-refractivity contribution in [3.63, 3.8) is 0 Å². The highest BCUT2D eigenvalue weighted by Gasteiger charge is 2.37. The molecule has 6 heteroatoms. The van der Waals surface area contributed by atoms with Gasteiger partial charge in [0.1, 0.15) is 0 Å². The van der Waals surface area contributed by atoms with E-state index in [4.69, 9.17) is 0 Å². The number of carbonyl (C=O) groups is 1. The highest BCUT2D eigenvalue weighted by Crippen LogP contribution is 2.32. The van der Waals surface area contributed by atoms with Gasteiger partial charge in [0.2, 0.25) is 5.91 Å². The van der Waals surface area contributed by atoms with Gasteiger partial charge >= 0.3 is 0 Å². The van der Waals surface area contributed by atoms with Crippen LogP contribution < -0.4 is 5.32 Å². The molecule has 1 saturated heterocycles. The Morgan fingerprint density at radius 2 is 2.05 bits per heavy atom. The quantitative estimate of drug-likeness (QED) is 0.816. The third-order valence-corrected chi connectivity index (χ3v) is 5.87. The molecule has 1 fully saturated rings. The maximum Gasteiger partial charge on any atom is 0.224 e. The fraction of sp³-hybridized carbons (Fsp3) is 0.500. The zero-order valence-corrected chi connectivity index (χ0v) is 11.8. The van der Waals surface area contributed by atoms with Crippen LogP contribution in [0.2, 0.25) is 0 Å². The fourth-order valence-electron chi connectivity index (χ4n) is 3.02. The van der Waals surface area contributed by atoms with Crippen molar-refractivity contribution in [3.05, 3.63) is 35.4 Å². The number of aliphatic hydroxyl groups excluding tert-OH is 1. The van der Waals surface area contributed by atoms with Gasteiger partial charge in [-0.3, -0.25) is 4.79 Å². The van der Waals surface area contributed by atoms with E-state index in [2.05, 4.69) is 5.32 Å². The van der Waals surface area contributed by atoms with Crippen LogP contribution in [0.5, 0.6) is 0 Å². The average Bonchev–Trinajstić information content (AvgIpc) is 2.91. The Kier molecular flexibility index (Phi) is 3.30. The molecule has 108 valence electrons. The van der Waals surface area contributed by atoms with E-state index < -0.39 is 27.9 Å². The summed E-state index contributed by atoms with van der Waals surface area (Å²) in [4.78, 5) is 12.2. The minimum absolute atomic E-state index is 0.0783. The largest absolute Gasteiger partial charge is 0.390 e. The Morgan fingerprint density at radius 3 is 2.75 bits per heavy atom. The minimum atomic E-state index is -3.07. The van der Waals surface area contributed by atoms with Crippen LogP contribution in [0.4, 0.5) is 0 Å². The van der Waals surface area contributed by atoms with Gasteiger partial charge in [-0.2, -0.15) is 0 Å². The van der Waals surface area contributed by atoms with Gasteiger partial charge in [0, 0.05) is 6.42 Å². The van der Waals surface area contributed by atoms with Gasteiger partial charge in [0.15, 0.2) is 9.84 Å². The molecule has 1 amide bonds. The second kappa shape index (κ2) is 4.86. The van der Waals surface area contributed by atoms with Crippen molar-refractivity contribution in [1.29, 1.82) is 0 Å². The summed E-state index contributed by atoms with van der Waals surface area (Å²) in [5, 5.41) is 12.9. The second-order valence-corrected chi connectivity index (χ2v) is 7.79. The molecule has 5 nitrogen and oxygen atoms in total. The number of benzene rings is 1. The van der Waals surface area contributed by atoms with Crippen molar-refractivity contribution < 1.29 is 18.3 Å². The van der Waals surface area contributed by atoms with E-state index in [0.29, 0.717) is 12.8 Å². The normalized spacial score (nSPS) is 30.9. The average molecular weight is 295 g/mol. The first-order valence-corrected chi connectivity index (χ1v) is 8.55. The molecule has 1 aromatic rings. The third kappa shape index (κ3) is 2.45. The molecule has 3 rings (SSSR count). The summed E-state index contributed by atoms with van der Waals surface area (Å²) in [7, 11) is -3.07. The van der Waals surface area contributed by atoms with E-state index in [1.54, 1.807) is 0 Å². The van der Waals surface area contributed by atoms with E-state index >= 15 is 0 Å². The highest BCUT2D eigenvalue weighted by atomic mass is 32.2. The van der Waals surface area contributed by atoms with Crippen LogP contribution in [-0.2, 0) is 21.1 Å². The van der Waals surface area contributed by atoms with E-state index in [-0.39, 0.29) is 17.4 Å². The minimum Gasteiger partial charge on any atom is -0.390 e. The lowest BCUT2D eigenvalue weighted by atomic mass is 10.0. The lowest BCUT2D eigenvalue weighted by Gasteiger charge is -2.20. The molecular weight excluding hydrogens is 278 g/mol. The lowest BCUT2D eigenvalue weighted by Crippen LogP contribution is -2.38. The number of fused-ring (bicyclic) bond motifs is 1. The summed E-state index contributed by atoms with van der Waals surface area (Å²) in [6.45, 7) is 0. The maximum absolute atomic E-state index is 12.2. The fourth-order valence-corrected chi connectivity index (χ4v) is 4.76. The topological polar surface area (TPSA) is 83.5 Å². The SMILES string of the molecule is O=C(N[C@@H]1c2ccccc2C[C@@H]1O)C1CCS(=O)(=O)C1. The van der Waals surface area contributed by atoms with Crippen molar-refractivity contribution >= 4 is 15.7 Å². The van der Waals surface area contributed by atoms with Crippen LogP contribution in [0.1, 0.15) is 23.6 Å². The smallest absolute Gasteiger partial charge is 0.224 e. The van der Waals surface area contributed by atoms with E-state index in [0.717, 1.165) is 11.1 Å². The number of hydrogen-bond donors (Lipinski definition) is 2. The molecule has 1 heterocycles. The molecule has 1 aliphatic carbocycles. The van der Waals surface area contributed by atoms with Crippen molar-refractivity contribution in [2.45, 2.75) is 25.0 Å². The molecule has 0 spiro atoms. The number of rotatable bonds is 2. The predicted octanol–water partition coefficient (Wildman–Crippen LogP) is 0.196. The summed E-state index contributed by atoms with van der Waals surface area (Å²) < 4.78 is 22.8. The molecule has 1 unspecified atom stereocenters. The number of hydrogen-bond acceptors (Lipinski definition) is 4. The summed E-state index contributed by atoms with van der Waals surface area (Å²) in [5.74, 6) is -0.759. The predicted molar refractivity (Wildman–Crippen MR) is 73.8 cm³/mol. The van der Waals surface area contributed by atoms with Crippen LogP contribution in [0.25, 0.3) is 0 Å². The molecular formula is C14H17NO4S. The number of sulfone groups is 1. The number of amides is 1. The zero-order valence-electron chi connectivity index (χ0n) is 11.0. The molecule has 3 atom stereocenters. The zero-order chi connectivity index (χ0) is 14.3. The van der Waals surface area contributed by atoms with Gasteiger partial charge in [-0.15, -0.1) is 0 Å². The molecule has 0 bridgehead atoms. The summed E-state index contributed by atoms with van der Waals surface area (Å²) >= 11 is 0. The Morgan fingerprint density at radius 1 is 1.30 bits per heavy atom. The summed E-state index contributed by atoms with van der Waals surface area (Å²) in [6.07, 6.45) is 0.247. The first-order valence-electron chi connectivity index (χ1n) is 6.73. The lowest BCUT2D eigenvalue weighted by molar-refractivity contribution is -0.125. The van der Waals surface area contributed by atoms with Gasteiger partial charge in [-0.05, 0) is 17.5 Å². The number of nitrogens with one attached hydrogen (secondary N) is 1. The molecule has 20 heavy (non-hydrogen) atoms. The van der Waals surface area contributed by atoms with Crippen LogP contribution in [0, 0.1) is 5.92 Å². The molecule has 2 aliphatic rings. The maximum atomic E-state index is 12.2. The summed E-state index contributed by atoms with van der Waals surface area (Å²) in [6, 6.07) is 7.17. The Hall–Kier alpha value is -1.40. The molecule has 1 aliphatic heterocycles. The third-order valence-electron chi connectivity index (χ3n) is 4.10. The van der Waals surface area contributed by atoms with Gasteiger partial charge in [0.05, 0.1) is 29.6 Å². The van der Waals surface area contributed by atoms with E-state index in [1.807, 2.05) is 24.3 Å². The van der Waals surface area contributed by atoms with E-state index in [1.165, 1.54) is 0 Å². The molecule has 0 radical (unpaired) electrons. The van der Waals surface area contributed by atoms with Crippen LogP contribution in [-0.4, -0.2) is 37.0 Å². The van der Waals surface area contributed by atoms with Crippen molar-refractivity contribution in [1.82, 2.24) is 5.32 Å². The Balaban J connectivity index is 1.74.